The van der Waals surface area contributed by atoms with Gasteiger partial charge >= 0.3 is 12.2 Å². The predicted octanol–water partition coefficient (Wildman–Crippen LogP) is 2.84. The molecule has 0 unspecified atom stereocenters. The number of ether oxygens (including phenoxy) is 2. The van der Waals surface area contributed by atoms with Gasteiger partial charge in [0.25, 0.3) is 0 Å². The molecule has 0 bridgehead atoms. The van der Waals surface area contributed by atoms with Crippen LogP contribution in [0.2, 0.25) is 0 Å². The zero-order valence-electron chi connectivity index (χ0n) is 18.0. The lowest BCUT2D eigenvalue weighted by molar-refractivity contribution is -0.0150. The lowest BCUT2D eigenvalue weighted by atomic mass is 10.1. The van der Waals surface area contributed by atoms with Crippen molar-refractivity contribution in [3.63, 3.8) is 0 Å². The van der Waals surface area contributed by atoms with Gasteiger partial charge in [-0.25, -0.2) is 9.59 Å². The minimum Gasteiger partial charge on any atom is -0.444 e. The van der Waals surface area contributed by atoms with E-state index in [1.807, 2.05) is 55.4 Å². The fourth-order valence-electron chi connectivity index (χ4n) is 2.51. The SMILES string of the molecule is C#CC(C)(C)NC[C@@H]1CN(C(=O)OC(C)(C)C)CCN1C(=O)OC(C)(C)C. The number of hydrogen-bond donors (Lipinski definition) is 1. The van der Waals surface area contributed by atoms with Gasteiger partial charge in [0, 0.05) is 26.2 Å². The number of rotatable bonds is 3. The van der Waals surface area contributed by atoms with E-state index in [1.54, 1.807) is 9.80 Å². The molecule has 0 aromatic heterocycles. The molecule has 1 aliphatic rings. The van der Waals surface area contributed by atoms with Crippen LogP contribution >= 0.6 is 0 Å². The number of nitrogens with zero attached hydrogens (tertiary/aromatic N) is 2. The molecule has 0 aliphatic carbocycles. The Bertz CT molecular complexity index is 582. The van der Waals surface area contributed by atoms with Crippen molar-refractivity contribution in [3.05, 3.63) is 0 Å². The Balaban J connectivity index is 2.90. The monoisotopic (exact) mass is 381 g/mol. The molecule has 0 spiro atoms. The molecule has 0 saturated carbocycles. The largest absolute Gasteiger partial charge is 0.444 e. The van der Waals surface area contributed by atoms with Crippen molar-refractivity contribution < 1.29 is 19.1 Å². The molecule has 1 saturated heterocycles. The van der Waals surface area contributed by atoms with Gasteiger partial charge in [0.2, 0.25) is 0 Å². The Hall–Kier alpha value is -1.94. The zero-order chi connectivity index (χ0) is 21.0. The van der Waals surface area contributed by atoms with E-state index in [0.717, 1.165) is 0 Å². The predicted molar refractivity (Wildman–Crippen MR) is 105 cm³/mol. The van der Waals surface area contributed by atoms with Crippen molar-refractivity contribution in [2.75, 3.05) is 26.2 Å². The summed E-state index contributed by atoms with van der Waals surface area (Å²) in [5, 5.41) is 3.27. The van der Waals surface area contributed by atoms with E-state index in [0.29, 0.717) is 26.2 Å². The van der Waals surface area contributed by atoms with E-state index >= 15 is 0 Å². The first-order valence-corrected chi connectivity index (χ1v) is 9.34. The van der Waals surface area contributed by atoms with Crippen LogP contribution in [0.1, 0.15) is 55.4 Å². The van der Waals surface area contributed by atoms with Crippen LogP contribution in [-0.2, 0) is 9.47 Å². The molecule has 1 N–H and O–H groups in total. The van der Waals surface area contributed by atoms with Gasteiger partial charge in [0.05, 0.1) is 11.6 Å². The van der Waals surface area contributed by atoms with Crippen molar-refractivity contribution >= 4 is 12.2 Å². The second-order valence-electron chi connectivity index (χ2n) is 9.40. The van der Waals surface area contributed by atoms with E-state index < -0.39 is 22.8 Å². The van der Waals surface area contributed by atoms with Crippen molar-refractivity contribution in [1.82, 2.24) is 15.1 Å². The first-order chi connectivity index (χ1) is 12.1. The van der Waals surface area contributed by atoms with Crippen LogP contribution in [-0.4, -0.2) is 70.9 Å². The van der Waals surface area contributed by atoms with E-state index in [4.69, 9.17) is 15.9 Å². The molecular weight excluding hydrogens is 346 g/mol. The summed E-state index contributed by atoms with van der Waals surface area (Å²) in [4.78, 5) is 28.3. The summed E-state index contributed by atoms with van der Waals surface area (Å²) in [6, 6.07) is -0.270. The summed E-state index contributed by atoms with van der Waals surface area (Å²) >= 11 is 0. The quantitative estimate of drug-likeness (QED) is 0.761. The summed E-state index contributed by atoms with van der Waals surface area (Å²) < 4.78 is 11.0. The molecule has 7 heteroatoms. The van der Waals surface area contributed by atoms with Crippen molar-refractivity contribution in [2.24, 2.45) is 0 Å². The Morgan fingerprint density at radius 1 is 1.00 bits per heavy atom. The third-order valence-electron chi connectivity index (χ3n) is 3.90. The molecule has 0 aromatic rings. The minimum atomic E-state index is -0.588. The highest BCUT2D eigenvalue weighted by Gasteiger charge is 2.36. The summed E-state index contributed by atoms with van der Waals surface area (Å²) in [6.07, 6.45) is 4.77. The highest BCUT2D eigenvalue weighted by atomic mass is 16.6. The molecule has 0 aromatic carbocycles. The first-order valence-electron chi connectivity index (χ1n) is 9.34. The molecule has 1 aliphatic heterocycles. The van der Waals surface area contributed by atoms with Crippen molar-refractivity contribution in [3.8, 4) is 12.3 Å². The van der Waals surface area contributed by atoms with E-state index in [-0.39, 0.29) is 12.1 Å². The average molecular weight is 382 g/mol. The van der Waals surface area contributed by atoms with E-state index in [9.17, 15) is 9.59 Å². The smallest absolute Gasteiger partial charge is 0.410 e. The molecule has 1 heterocycles. The fraction of sp³-hybridized carbons (Fsp3) is 0.800. The molecule has 2 amide bonds. The van der Waals surface area contributed by atoms with E-state index in [1.165, 1.54) is 0 Å². The van der Waals surface area contributed by atoms with Crippen LogP contribution in [0.5, 0.6) is 0 Å². The summed E-state index contributed by atoms with van der Waals surface area (Å²) in [7, 11) is 0. The summed E-state index contributed by atoms with van der Waals surface area (Å²) in [5.74, 6) is 2.68. The van der Waals surface area contributed by atoms with Crippen LogP contribution in [0.4, 0.5) is 9.59 Å². The number of carbonyl (C=O) groups is 2. The van der Waals surface area contributed by atoms with Gasteiger partial charge in [0.1, 0.15) is 11.2 Å². The number of carbonyl (C=O) groups excluding carboxylic acids is 2. The van der Waals surface area contributed by atoms with Crippen LogP contribution in [0.25, 0.3) is 0 Å². The molecule has 1 rings (SSSR count). The highest BCUT2D eigenvalue weighted by Crippen LogP contribution is 2.18. The Labute approximate surface area is 163 Å². The molecule has 7 nitrogen and oxygen atoms in total. The average Bonchev–Trinajstić information content (AvgIpc) is 2.49. The third-order valence-corrected chi connectivity index (χ3v) is 3.90. The van der Waals surface area contributed by atoms with Gasteiger partial charge in [-0.05, 0) is 55.4 Å². The molecule has 1 atom stereocenters. The fourth-order valence-corrected chi connectivity index (χ4v) is 2.51. The van der Waals surface area contributed by atoms with Crippen molar-refractivity contribution in [2.45, 2.75) is 78.2 Å². The maximum absolute atomic E-state index is 12.6. The van der Waals surface area contributed by atoms with Gasteiger partial charge in [0.15, 0.2) is 0 Å². The summed E-state index contributed by atoms with van der Waals surface area (Å²) in [5.41, 5.74) is -1.68. The lowest BCUT2D eigenvalue weighted by Gasteiger charge is -2.42. The van der Waals surface area contributed by atoms with Gasteiger partial charge in [-0.3, -0.25) is 5.32 Å². The van der Waals surface area contributed by atoms with Crippen LogP contribution in [0.3, 0.4) is 0 Å². The highest BCUT2D eigenvalue weighted by molar-refractivity contribution is 5.71. The Kier molecular flexibility index (Phi) is 7.17. The van der Waals surface area contributed by atoms with E-state index in [2.05, 4.69) is 11.2 Å². The molecular formula is C20H35N3O4. The third kappa shape index (κ3) is 8.08. The van der Waals surface area contributed by atoms with Crippen LogP contribution < -0.4 is 5.32 Å². The normalized spacial score (nSPS) is 18.7. The Morgan fingerprint density at radius 2 is 1.52 bits per heavy atom. The molecule has 1 fully saturated rings. The molecule has 27 heavy (non-hydrogen) atoms. The number of terminal acetylenes is 1. The maximum Gasteiger partial charge on any atom is 0.410 e. The number of hydrogen-bond acceptors (Lipinski definition) is 5. The maximum atomic E-state index is 12.6. The van der Waals surface area contributed by atoms with Gasteiger partial charge < -0.3 is 19.3 Å². The Morgan fingerprint density at radius 3 is 2.00 bits per heavy atom. The van der Waals surface area contributed by atoms with Crippen LogP contribution in [0.15, 0.2) is 0 Å². The molecule has 154 valence electrons. The first kappa shape index (κ1) is 23.1. The summed E-state index contributed by atoms with van der Waals surface area (Å²) in [6.45, 7) is 16.3. The second-order valence-corrected chi connectivity index (χ2v) is 9.40. The molecule has 0 radical (unpaired) electrons. The zero-order valence-corrected chi connectivity index (χ0v) is 18.0. The van der Waals surface area contributed by atoms with Crippen LogP contribution in [0, 0.1) is 12.3 Å². The van der Waals surface area contributed by atoms with Gasteiger partial charge in [-0.2, -0.15) is 0 Å². The van der Waals surface area contributed by atoms with Gasteiger partial charge in [-0.15, -0.1) is 6.42 Å². The minimum absolute atomic E-state index is 0.270. The lowest BCUT2D eigenvalue weighted by Crippen LogP contribution is -2.61. The second kappa shape index (κ2) is 8.39. The number of amides is 2. The standard InChI is InChI=1S/C20H35N3O4/c1-10-20(8,9)21-13-15-14-22(16(24)26-18(2,3)4)11-12-23(15)17(25)27-19(5,6)7/h1,15,21H,11-14H2,2-9H3/t15-/m1/s1. The topological polar surface area (TPSA) is 71.1 Å². The number of piperazine rings is 1. The van der Waals surface area contributed by atoms with Gasteiger partial charge in [-0.1, -0.05) is 5.92 Å². The van der Waals surface area contributed by atoms with Crippen molar-refractivity contribution in [1.29, 1.82) is 0 Å². The number of nitrogens with one attached hydrogen (secondary N) is 1.